The van der Waals surface area contributed by atoms with E-state index in [1.165, 1.54) is 0 Å². The molecule has 0 unspecified atom stereocenters. The normalized spacial score (nSPS) is 2.25. The van der Waals surface area contributed by atoms with Crippen LogP contribution in [0.2, 0.25) is 0 Å². The van der Waals surface area contributed by atoms with Gasteiger partial charge in [-0.2, -0.15) is 0 Å². The third-order valence-corrected chi connectivity index (χ3v) is 0. The van der Waals surface area contributed by atoms with Crippen LogP contribution in [0.15, 0.2) is 0 Å². The summed E-state index contributed by atoms with van der Waals surface area (Å²) in [4.78, 5) is 0. The summed E-state index contributed by atoms with van der Waals surface area (Å²) in [6.07, 6.45) is 0. The van der Waals surface area contributed by atoms with Crippen LogP contribution in [0.1, 0.15) is 0 Å². The molecule has 0 aromatic heterocycles. The number of hydrogen-bond donors (Lipinski definition) is 0. The van der Waals surface area contributed by atoms with Gasteiger partial charge in [0.25, 0.3) is 0 Å². The summed E-state index contributed by atoms with van der Waals surface area (Å²) in [7, 11) is 3.12. The Hall–Kier alpha value is 2.22. The van der Waals surface area contributed by atoms with Crippen molar-refractivity contribution >= 4 is 0 Å². The van der Waals surface area contributed by atoms with Crippen LogP contribution in [-0.2, 0) is 26.9 Å². The number of hydrogen-bond acceptors (Lipinski definition) is 1. The van der Waals surface area contributed by atoms with E-state index in [4.69, 9.17) is 0.938 Å². The average molecular weight is 267 g/mol. The van der Waals surface area contributed by atoms with E-state index in [1.807, 2.05) is 0 Å². The average Bonchev–Trinajstić information content (AvgIpc) is 0.918. The predicted molar refractivity (Wildman–Crippen MR) is 0.686 cm³/mol. The summed E-state index contributed by atoms with van der Waals surface area (Å²) < 4.78 is 9.01. The Morgan fingerprint density at radius 1 is 1.75 bits per heavy atom. The first-order chi connectivity index (χ1) is 1.41. The van der Waals surface area contributed by atoms with Gasteiger partial charge in [-0.25, -0.2) is 0 Å². The number of rotatable bonds is 0. The zero-order valence-electron chi connectivity index (χ0n) is 1.64. The molecule has 0 aliphatic rings. The molecule has 0 aliphatic carbocycles. The van der Waals surface area contributed by atoms with Gasteiger partial charge in [0, 0.05) is 17.1 Å². The Balaban J connectivity index is 0. The van der Waals surface area contributed by atoms with Crippen molar-refractivity contribution in [2.45, 2.75) is 0 Å². The molecule has 0 N–H and O–H groups in total. The van der Waals surface area contributed by atoms with Gasteiger partial charge in [-0.3, -0.25) is 0 Å². The molecule has 0 rings (SSSR count). The van der Waals surface area contributed by atoms with Gasteiger partial charge in [-0.15, -0.1) is 0 Å². The molecule has 0 aromatic carbocycles. The van der Waals surface area contributed by atoms with E-state index in [-0.39, 0.29) is 17.1 Å². The molecule has 0 saturated carbocycles. The van der Waals surface area contributed by atoms with Crippen molar-refractivity contribution < 1.29 is 61.4 Å². The van der Waals surface area contributed by atoms with Crippen LogP contribution in [0.5, 0.6) is 0 Å². The molecule has 0 saturated heterocycles. The minimum atomic E-state index is -1.42. The van der Waals surface area contributed by atoms with Crippen molar-refractivity contribution in [1.82, 2.24) is 0 Å². The molecule has 0 atom stereocenters. The Bertz CT molecular complexity index is 15.5. The van der Waals surface area contributed by atoms with Crippen molar-refractivity contribution in [3.05, 3.63) is 0 Å². The van der Waals surface area contributed by atoms with Crippen molar-refractivity contribution in [3.63, 3.8) is 0 Å². The van der Waals surface area contributed by atoms with Crippen molar-refractivity contribution in [2.75, 3.05) is 0 Å². The molecule has 25 valence electrons. The fourth-order valence-electron chi connectivity index (χ4n) is 0. The summed E-state index contributed by atoms with van der Waals surface area (Å²) in [5.41, 5.74) is 0. The zero-order valence-corrected chi connectivity index (χ0v) is 7.06. The third kappa shape index (κ3) is 8.88. The molecule has 1 nitrogen and oxygen atoms in total. The maximum absolute atomic E-state index is 9.01. The first kappa shape index (κ1) is 9.51. The van der Waals surface area contributed by atoms with Crippen LogP contribution in [0.25, 0.3) is 0 Å². The second-order valence-electron chi connectivity index (χ2n) is 0.0722. The Kier molecular flexibility index (Phi) is 21.3. The third-order valence-electron chi connectivity index (χ3n) is 0. The molecule has 0 fully saturated rings. The molecule has 0 heterocycles. The van der Waals surface area contributed by atoms with E-state index in [1.54, 1.807) is 0 Å². The molecular formula is CeFeMnO. The topological polar surface area (TPSA) is 17.1 Å². The summed E-state index contributed by atoms with van der Waals surface area (Å²) in [5.74, 6) is 0. The van der Waals surface area contributed by atoms with Crippen LogP contribution in [0.4, 0.5) is 0 Å². The van der Waals surface area contributed by atoms with Gasteiger partial charge < -0.3 is 0 Å². The van der Waals surface area contributed by atoms with Crippen LogP contribution in [0, 0.1) is 34.5 Å². The molecule has 4 heavy (non-hydrogen) atoms. The fourth-order valence-corrected chi connectivity index (χ4v) is 0. The predicted octanol–water partition coefficient (Wildman–Crippen LogP) is -0.124. The summed E-state index contributed by atoms with van der Waals surface area (Å²) in [5, 5.41) is 0. The molecule has 0 aromatic rings. The fraction of sp³-hybridized carbons (Fsp3) is 0. The minimum absolute atomic E-state index is 0. The van der Waals surface area contributed by atoms with Gasteiger partial charge in [-0.05, 0) is 0 Å². The van der Waals surface area contributed by atoms with E-state index in [2.05, 4.69) is 8.86 Å². The van der Waals surface area contributed by atoms with Gasteiger partial charge in [0.1, 0.15) is 0 Å². The van der Waals surface area contributed by atoms with E-state index in [0.29, 0.717) is 0 Å². The Morgan fingerprint density at radius 2 is 1.75 bits per heavy atom. The monoisotopic (exact) mass is 267 g/mol. The standard InChI is InChI=1S/Ce.Fe.Mn.O. The van der Waals surface area contributed by atoms with Gasteiger partial charge >= 0.3 is 44.3 Å². The molecular weight excluding hydrogens is 267 g/mol. The molecule has 0 aliphatic heterocycles. The SMILES string of the molecule is [Mn].[O]=[Ce][Fe]. The molecule has 4 heteroatoms. The van der Waals surface area contributed by atoms with Gasteiger partial charge in [0.15, 0.2) is 0 Å². The first-order valence-electron chi connectivity index (χ1n) is 0.381. The molecule has 0 spiro atoms. The van der Waals surface area contributed by atoms with Gasteiger partial charge in [0.2, 0.25) is 0 Å². The van der Waals surface area contributed by atoms with Crippen molar-refractivity contribution in [3.8, 4) is 0 Å². The van der Waals surface area contributed by atoms with E-state index in [0.717, 1.165) is 0 Å². The van der Waals surface area contributed by atoms with Crippen LogP contribution >= 0.6 is 0 Å². The zero-order chi connectivity index (χ0) is 2.71. The summed E-state index contributed by atoms with van der Waals surface area (Å²) in [6.45, 7) is 0. The molecule has 0 bridgehead atoms. The maximum atomic E-state index is 9.01. The second-order valence-corrected chi connectivity index (χ2v) is 2.17. The van der Waals surface area contributed by atoms with E-state index < -0.39 is 34.5 Å². The van der Waals surface area contributed by atoms with Crippen LogP contribution in [0.3, 0.4) is 0 Å². The summed E-state index contributed by atoms with van der Waals surface area (Å²) in [6, 6.07) is 0. The van der Waals surface area contributed by atoms with E-state index >= 15 is 0 Å². The second kappa shape index (κ2) is 8.96. The Morgan fingerprint density at radius 3 is 1.75 bits per heavy atom. The molecule has 1 radical (unpaired) electrons. The van der Waals surface area contributed by atoms with Crippen LogP contribution in [-0.4, -0.2) is 0 Å². The first-order valence-corrected chi connectivity index (χ1v) is 6.79. The molecule has 0 amide bonds. The van der Waals surface area contributed by atoms with E-state index in [9.17, 15) is 0 Å². The van der Waals surface area contributed by atoms with Crippen LogP contribution < -0.4 is 0 Å². The van der Waals surface area contributed by atoms with Crippen molar-refractivity contribution in [1.29, 1.82) is 0 Å². The van der Waals surface area contributed by atoms with Crippen molar-refractivity contribution in [2.24, 2.45) is 0 Å². The Labute approximate surface area is 60.0 Å². The van der Waals surface area contributed by atoms with Gasteiger partial charge in [-0.1, -0.05) is 0 Å². The summed E-state index contributed by atoms with van der Waals surface area (Å²) >= 11 is -1.42. The van der Waals surface area contributed by atoms with Gasteiger partial charge in [0.05, 0.1) is 0 Å². The quantitative estimate of drug-likeness (QED) is 0.559.